The van der Waals surface area contributed by atoms with Crippen LogP contribution in [0.25, 0.3) is 0 Å². The van der Waals surface area contributed by atoms with Crippen molar-refractivity contribution in [2.24, 2.45) is 0 Å². The number of hydrogen-bond acceptors (Lipinski definition) is 4. The van der Waals surface area contributed by atoms with Crippen LogP contribution in [0.3, 0.4) is 0 Å². The predicted molar refractivity (Wildman–Crippen MR) is 77.6 cm³/mol. The molecule has 0 bridgehead atoms. The first-order chi connectivity index (χ1) is 9.61. The third-order valence-electron chi connectivity index (χ3n) is 3.00. The fraction of sp³-hybridized carbons (Fsp3) is 0.200. The Balaban J connectivity index is 2.04. The molecule has 3 N–H and O–H groups in total. The van der Waals surface area contributed by atoms with E-state index in [1.165, 1.54) is 0 Å². The van der Waals surface area contributed by atoms with Crippen LogP contribution < -0.4 is 15.8 Å². The van der Waals surface area contributed by atoms with Gasteiger partial charge in [-0.1, -0.05) is 6.07 Å². The maximum absolute atomic E-state index is 12.0. The van der Waals surface area contributed by atoms with Crippen LogP contribution in [0.4, 0.5) is 5.69 Å². The van der Waals surface area contributed by atoms with Crippen LogP contribution in [-0.4, -0.2) is 18.0 Å². The Bertz CT molecular complexity index is 626. The minimum absolute atomic E-state index is 0.148. The second kappa shape index (κ2) is 6.06. The van der Waals surface area contributed by atoms with E-state index in [4.69, 9.17) is 10.5 Å². The first kappa shape index (κ1) is 13.9. The Morgan fingerprint density at radius 3 is 2.85 bits per heavy atom. The van der Waals surface area contributed by atoms with E-state index in [9.17, 15) is 4.79 Å². The van der Waals surface area contributed by atoms with Gasteiger partial charge in [-0.25, -0.2) is 0 Å². The van der Waals surface area contributed by atoms with Gasteiger partial charge < -0.3 is 15.8 Å². The average molecular weight is 271 g/mol. The molecule has 1 heterocycles. The number of anilines is 1. The first-order valence-corrected chi connectivity index (χ1v) is 6.24. The van der Waals surface area contributed by atoms with E-state index in [1.807, 2.05) is 6.07 Å². The molecule has 2 rings (SSSR count). The smallest absolute Gasteiger partial charge is 0.253 e. The lowest BCUT2D eigenvalue weighted by molar-refractivity contribution is 0.0950. The van der Waals surface area contributed by atoms with Gasteiger partial charge in [-0.15, -0.1) is 0 Å². The second-order valence-electron chi connectivity index (χ2n) is 4.40. The van der Waals surface area contributed by atoms with E-state index in [0.717, 1.165) is 5.56 Å². The Morgan fingerprint density at radius 2 is 2.20 bits per heavy atom. The summed E-state index contributed by atoms with van der Waals surface area (Å²) >= 11 is 0. The molecule has 0 aliphatic heterocycles. The summed E-state index contributed by atoms with van der Waals surface area (Å²) in [4.78, 5) is 16.1. The first-order valence-electron chi connectivity index (χ1n) is 6.24. The number of nitrogens with zero attached hydrogens (tertiary/aromatic N) is 1. The van der Waals surface area contributed by atoms with Gasteiger partial charge in [-0.2, -0.15) is 0 Å². The standard InChI is InChI=1S/C15H17N3O2/c1-10-12(4-3-7-17-10)15(19)18-9-11-5-6-14(20-2)13(16)8-11/h3-8H,9,16H2,1-2H3,(H,18,19). The number of nitrogen functional groups attached to an aromatic ring is 1. The number of carbonyl (C=O) groups is 1. The Morgan fingerprint density at radius 1 is 1.40 bits per heavy atom. The maximum atomic E-state index is 12.0. The minimum Gasteiger partial charge on any atom is -0.495 e. The molecule has 5 nitrogen and oxygen atoms in total. The van der Waals surface area contributed by atoms with E-state index < -0.39 is 0 Å². The van der Waals surface area contributed by atoms with Crippen LogP contribution in [-0.2, 0) is 6.54 Å². The number of pyridine rings is 1. The zero-order chi connectivity index (χ0) is 14.5. The second-order valence-corrected chi connectivity index (χ2v) is 4.40. The molecular formula is C15H17N3O2. The predicted octanol–water partition coefficient (Wildman–Crippen LogP) is 1.91. The molecular weight excluding hydrogens is 254 g/mol. The van der Waals surface area contributed by atoms with Crippen molar-refractivity contribution < 1.29 is 9.53 Å². The molecule has 0 aliphatic carbocycles. The van der Waals surface area contributed by atoms with Crippen molar-refractivity contribution >= 4 is 11.6 Å². The molecule has 0 aliphatic rings. The minimum atomic E-state index is -0.148. The zero-order valence-electron chi connectivity index (χ0n) is 11.5. The van der Waals surface area contributed by atoms with Gasteiger partial charge in [0.25, 0.3) is 5.91 Å². The van der Waals surface area contributed by atoms with Crippen LogP contribution in [0.15, 0.2) is 36.5 Å². The Labute approximate surface area is 117 Å². The lowest BCUT2D eigenvalue weighted by Crippen LogP contribution is -2.23. The third kappa shape index (κ3) is 3.06. The van der Waals surface area contributed by atoms with E-state index >= 15 is 0 Å². The Kier molecular flexibility index (Phi) is 4.20. The number of nitrogens with two attached hydrogens (primary N) is 1. The summed E-state index contributed by atoms with van der Waals surface area (Å²) in [5.74, 6) is 0.480. The van der Waals surface area contributed by atoms with E-state index in [-0.39, 0.29) is 5.91 Å². The fourth-order valence-corrected chi connectivity index (χ4v) is 1.90. The summed E-state index contributed by atoms with van der Waals surface area (Å²) in [6.07, 6.45) is 1.66. The molecule has 0 unspecified atom stereocenters. The quantitative estimate of drug-likeness (QED) is 0.833. The van der Waals surface area contributed by atoms with Crippen molar-refractivity contribution in [2.75, 3.05) is 12.8 Å². The summed E-state index contributed by atoms with van der Waals surface area (Å²) in [5.41, 5.74) is 8.58. The van der Waals surface area contributed by atoms with Gasteiger partial charge >= 0.3 is 0 Å². The lowest BCUT2D eigenvalue weighted by atomic mass is 10.1. The molecule has 0 saturated carbocycles. The van der Waals surface area contributed by atoms with Gasteiger partial charge in [-0.05, 0) is 36.8 Å². The SMILES string of the molecule is COc1ccc(CNC(=O)c2cccnc2C)cc1N. The zero-order valence-corrected chi connectivity index (χ0v) is 11.5. The maximum Gasteiger partial charge on any atom is 0.253 e. The molecule has 0 atom stereocenters. The summed E-state index contributed by atoms with van der Waals surface area (Å²) < 4.78 is 5.09. The molecule has 0 radical (unpaired) electrons. The van der Waals surface area contributed by atoms with Crippen molar-refractivity contribution in [3.05, 3.63) is 53.3 Å². The Hall–Kier alpha value is -2.56. The number of carbonyl (C=O) groups excluding carboxylic acids is 1. The summed E-state index contributed by atoms with van der Waals surface area (Å²) in [6, 6.07) is 8.93. The lowest BCUT2D eigenvalue weighted by Gasteiger charge is -2.09. The number of ether oxygens (including phenoxy) is 1. The molecule has 2 aromatic rings. The number of aromatic nitrogens is 1. The van der Waals surface area contributed by atoms with E-state index in [1.54, 1.807) is 44.5 Å². The van der Waals surface area contributed by atoms with Gasteiger partial charge in [0.15, 0.2) is 0 Å². The normalized spacial score (nSPS) is 10.1. The summed E-state index contributed by atoms with van der Waals surface area (Å²) in [6.45, 7) is 2.21. The molecule has 0 fully saturated rings. The topological polar surface area (TPSA) is 77.2 Å². The molecule has 1 aromatic carbocycles. The van der Waals surface area contributed by atoms with Crippen molar-refractivity contribution in [3.8, 4) is 5.75 Å². The fourth-order valence-electron chi connectivity index (χ4n) is 1.90. The number of rotatable bonds is 4. The molecule has 0 spiro atoms. The molecule has 1 aromatic heterocycles. The monoisotopic (exact) mass is 271 g/mol. The van der Waals surface area contributed by atoms with Crippen molar-refractivity contribution in [3.63, 3.8) is 0 Å². The van der Waals surface area contributed by atoms with Gasteiger partial charge in [0.05, 0.1) is 18.4 Å². The van der Waals surface area contributed by atoms with Gasteiger partial charge in [0.1, 0.15) is 5.75 Å². The van der Waals surface area contributed by atoms with Crippen LogP contribution in [0.2, 0.25) is 0 Å². The van der Waals surface area contributed by atoms with Crippen LogP contribution in [0, 0.1) is 6.92 Å². The number of benzene rings is 1. The molecule has 20 heavy (non-hydrogen) atoms. The van der Waals surface area contributed by atoms with Crippen LogP contribution in [0.5, 0.6) is 5.75 Å². The average Bonchev–Trinajstić information content (AvgIpc) is 2.45. The van der Waals surface area contributed by atoms with Crippen molar-refractivity contribution in [1.29, 1.82) is 0 Å². The van der Waals surface area contributed by atoms with Gasteiger partial charge in [0.2, 0.25) is 0 Å². The third-order valence-corrected chi connectivity index (χ3v) is 3.00. The van der Waals surface area contributed by atoms with Gasteiger partial charge in [-0.3, -0.25) is 9.78 Å². The number of amides is 1. The molecule has 0 saturated heterocycles. The highest BCUT2D eigenvalue weighted by molar-refractivity contribution is 5.95. The van der Waals surface area contributed by atoms with E-state index in [2.05, 4.69) is 10.3 Å². The molecule has 5 heteroatoms. The number of methoxy groups -OCH3 is 1. The van der Waals surface area contributed by atoms with Crippen molar-refractivity contribution in [1.82, 2.24) is 10.3 Å². The number of aryl methyl sites for hydroxylation is 1. The summed E-state index contributed by atoms with van der Waals surface area (Å²) in [7, 11) is 1.57. The highest BCUT2D eigenvalue weighted by atomic mass is 16.5. The highest BCUT2D eigenvalue weighted by Crippen LogP contribution is 2.21. The van der Waals surface area contributed by atoms with Crippen LogP contribution in [0.1, 0.15) is 21.6 Å². The van der Waals surface area contributed by atoms with Crippen LogP contribution >= 0.6 is 0 Å². The molecule has 1 amide bonds. The number of nitrogens with one attached hydrogen (secondary N) is 1. The molecule has 104 valence electrons. The highest BCUT2D eigenvalue weighted by Gasteiger charge is 2.09. The van der Waals surface area contributed by atoms with Crippen molar-refractivity contribution in [2.45, 2.75) is 13.5 Å². The largest absolute Gasteiger partial charge is 0.495 e. The van der Waals surface area contributed by atoms with Gasteiger partial charge in [0, 0.05) is 18.4 Å². The van der Waals surface area contributed by atoms with E-state index in [0.29, 0.717) is 29.2 Å². The summed E-state index contributed by atoms with van der Waals surface area (Å²) in [5, 5.41) is 2.85. The number of hydrogen-bond donors (Lipinski definition) is 2.